The van der Waals surface area contributed by atoms with Gasteiger partial charge >= 0.3 is 0 Å². The summed E-state index contributed by atoms with van der Waals surface area (Å²) in [4.78, 5) is 1.08. The van der Waals surface area contributed by atoms with Crippen LogP contribution in [0.1, 0.15) is 32.6 Å². The van der Waals surface area contributed by atoms with Crippen molar-refractivity contribution in [3.8, 4) is 6.07 Å². The number of rotatable bonds is 5. The van der Waals surface area contributed by atoms with E-state index < -0.39 is 0 Å². The van der Waals surface area contributed by atoms with Crippen LogP contribution in [-0.2, 0) is 0 Å². The van der Waals surface area contributed by atoms with Crippen LogP contribution in [0.3, 0.4) is 0 Å². The molecule has 0 aliphatic heterocycles. The van der Waals surface area contributed by atoms with E-state index >= 15 is 0 Å². The lowest BCUT2D eigenvalue weighted by Gasteiger charge is -2.22. The van der Waals surface area contributed by atoms with Gasteiger partial charge in [0.15, 0.2) is 0 Å². The number of nitriles is 1. The zero-order valence-electron chi connectivity index (χ0n) is 11.2. The summed E-state index contributed by atoms with van der Waals surface area (Å²) in [7, 11) is 0. The molecule has 2 unspecified atom stereocenters. The van der Waals surface area contributed by atoms with Crippen molar-refractivity contribution in [3.05, 3.63) is 30.1 Å². The van der Waals surface area contributed by atoms with E-state index in [9.17, 15) is 9.65 Å². The number of hydrogen-bond acceptors (Lipinski definition) is 3. The minimum Gasteiger partial charge on any atom is -0.299 e. The highest BCUT2D eigenvalue weighted by Gasteiger charge is 2.39. The summed E-state index contributed by atoms with van der Waals surface area (Å²) < 4.78 is 12.9. The molecule has 19 heavy (non-hydrogen) atoms. The molecule has 1 saturated carbocycles. The number of halogens is 1. The molecule has 2 rings (SSSR count). The molecule has 1 N–H and O–H groups in total. The van der Waals surface area contributed by atoms with E-state index in [1.807, 2.05) is 12.1 Å². The van der Waals surface area contributed by atoms with Crippen LogP contribution in [-0.4, -0.2) is 17.3 Å². The molecule has 1 fully saturated rings. The molecule has 0 spiro atoms. The minimum atomic E-state index is -0.353. The van der Waals surface area contributed by atoms with E-state index in [2.05, 4.69) is 18.3 Å². The Kier molecular flexibility index (Phi) is 4.84. The average molecular weight is 278 g/mol. The van der Waals surface area contributed by atoms with Crippen LogP contribution in [0.15, 0.2) is 29.2 Å². The Bertz CT molecular complexity index is 454. The molecule has 2 atom stereocenters. The lowest BCUT2D eigenvalue weighted by Crippen LogP contribution is -2.42. The smallest absolute Gasteiger partial charge is 0.123 e. The molecule has 4 heteroatoms. The topological polar surface area (TPSA) is 35.8 Å². The van der Waals surface area contributed by atoms with Gasteiger partial charge < -0.3 is 0 Å². The Morgan fingerprint density at radius 1 is 1.47 bits per heavy atom. The highest BCUT2D eigenvalue weighted by molar-refractivity contribution is 8.00. The number of nitrogens with one attached hydrogen (secondary N) is 1. The van der Waals surface area contributed by atoms with Gasteiger partial charge in [-0.15, -0.1) is 11.8 Å². The summed E-state index contributed by atoms with van der Waals surface area (Å²) in [6.07, 6.45) is 3.85. The summed E-state index contributed by atoms with van der Waals surface area (Å²) in [5.74, 6) is -0.202. The van der Waals surface area contributed by atoms with Crippen molar-refractivity contribution in [2.45, 2.75) is 48.3 Å². The van der Waals surface area contributed by atoms with E-state index in [1.165, 1.54) is 12.1 Å². The largest absolute Gasteiger partial charge is 0.299 e. The van der Waals surface area contributed by atoms with Crippen molar-refractivity contribution in [1.29, 1.82) is 5.26 Å². The quantitative estimate of drug-likeness (QED) is 0.891. The van der Waals surface area contributed by atoms with Gasteiger partial charge in [0.25, 0.3) is 0 Å². The van der Waals surface area contributed by atoms with Gasteiger partial charge in [-0.3, -0.25) is 5.32 Å². The second-order valence-corrected chi connectivity index (χ2v) is 6.43. The molecule has 0 heterocycles. The van der Waals surface area contributed by atoms with Crippen molar-refractivity contribution in [2.75, 3.05) is 6.54 Å². The van der Waals surface area contributed by atoms with Crippen LogP contribution in [0.25, 0.3) is 0 Å². The van der Waals surface area contributed by atoms with Crippen LogP contribution in [0.2, 0.25) is 0 Å². The lowest BCUT2D eigenvalue weighted by molar-refractivity contribution is 0.424. The highest BCUT2D eigenvalue weighted by Crippen LogP contribution is 2.39. The van der Waals surface area contributed by atoms with Gasteiger partial charge in [0.2, 0.25) is 0 Å². The predicted octanol–water partition coefficient (Wildman–Crippen LogP) is 3.73. The molecule has 1 aromatic carbocycles. The Morgan fingerprint density at radius 3 is 2.84 bits per heavy atom. The highest BCUT2D eigenvalue weighted by atomic mass is 32.2. The SMILES string of the molecule is CCCNC1(C#N)CCC(Sc2ccc(F)cc2)C1. The first-order valence-electron chi connectivity index (χ1n) is 6.76. The van der Waals surface area contributed by atoms with Gasteiger partial charge in [-0.05, 0) is 56.5 Å². The van der Waals surface area contributed by atoms with Crippen molar-refractivity contribution in [3.63, 3.8) is 0 Å². The van der Waals surface area contributed by atoms with E-state index in [-0.39, 0.29) is 11.4 Å². The Balaban J connectivity index is 1.94. The maximum atomic E-state index is 12.9. The average Bonchev–Trinajstić information content (AvgIpc) is 2.83. The monoisotopic (exact) mass is 278 g/mol. The Morgan fingerprint density at radius 2 is 2.21 bits per heavy atom. The molecule has 0 amide bonds. The number of nitrogens with zero attached hydrogens (tertiary/aromatic N) is 1. The molecular weight excluding hydrogens is 259 g/mol. The zero-order valence-corrected chi connectivity index (χ0v) is 12.0. The van der Waals surface area contributed by atoms with Gasteiger partial charge in [-0.25, -0.2) is 4.39 Å². The first-order valence-corrected chi connectivity index (χ1v) is 7.64. The first kappa shape index (κ1) is 14.4. The summed E-state index contributed by atoms with van der Waals surface area (Å²) in [5.41, 5.74) is -0.353. The number of hydrogen-bond donors (Lipinski definition) is 1. The Labute approximate surface area is 118 Å². The molecular formula is C15H19FN2S. The van der Waals surface area contributed by atoms with Crippen molar-refractivity contribution < 1.29 is 4.39 Å². The van der Waals surface area contributed by atoms with Gasteiger partial charge in [0, 0.05) is 10.1 Å². The molecule has 2 nitrogen and oxygen atoms in total. The first-order chi connectivity index (χ1) is 9.17. The third-order valence-electron chi connectivity index (χ3n) is 3.51. The fourth-order valence-corrected chi connectivity index (χ4v) is 3.75. The molecule has 0 bridgehead atoms. The zero-order chi connectivity index (χ0) is 13.7. The lowest BCUT2D eigenvalue weighted by atomic mass is 10.00. The third kappa shape index (κ3) is 3.71. The molecule has 102 valence electrons. The van der Waals surface area contributed by atoms with E-state index in [1.54, 1.807) is 11.8 Å². The number of thioether (sulfide) groups is 1. The predicted molar refractivity (Wildman–Crippen MR) is 76.5 cm³/mol. The van der Waals surface area contributed by atoms with Gasteiger partial charge in [0.1, 0.15) is 11.4 Å². The molecule has 0 radical (unpaired) electrons. The van der Waals surface area contributed by atoms with Crippen molar-refractivity contribution >= 4 is 11.8 Å². The summed E-state index contributed by atoms with van der Waals surface area (Å²) >= 11 is 1.75. The van der Waals surface area contributed by atoms with Crippen LogP contribution >= 0.6 is 11.8 Å². The maximum Gasteiger partial charge on any atom is 0.123 e. The summed E-state index contributed by atoms with van der Waals surface area (Å²) in [5, 5.41) is 13.2. The molecule has 1 aromatic rings. The van der Waals surface area contributed by atoms with Crippen LogP contribution in [0.5, 0.6) is 0 Å². The van der Waals surface area contributed by atoms with Crippen molar-refractivity contribution in [1.82, 2.24) is 5.32 Å². The second kappa shape index (κ2) is 6.40. The Hall–Kier alpha value is -1.05. The molecule has 1 aliphatic carbocycles. The summed E-state index contributed by atoms with van der Waals surface area (Å²) in [6, 6.07) is 9.06. The standard InChI is InChI=1S/C15H19FN2S/c1-2-9-18-15(11-17)8-7-14(10-15)19-13-5-3-12(16)4-6-13/h3-6,14,18H,2,7-10H2,1H3. The fourth-order valence-electron chi connectivity index (χ4n) is 2.47. The third-order valence-corrected chi connectivity index (χ3v) is 4.79. The van der Waals surface area contributed by atoms with Gasteiger partial charge in [-0.1, -0.05) is 6.92 Å². The number of benzene rings is 1. The molecule has 1 aliphatic rings. The summed E-state index contributed by atoms with van der Waals surface area (Å²) in [6.45, 7) is 3.00. The fraction of sp³-hybridized carbons (Fsp3) is 0.533. The molecule has 0 saturated heterocycles. The van der Waals surface area contributed by atoms with Crippen LogP contribution in [0.4, 0.5) is 4.39 Å². The maximum absolute atomic E-state index is 12.9. The minimum absolute atomic E-state index is 0.202. The van der Waals surface area contributed by atoms with Gasteiger partial charge in [0.05, 0.1) is 6.07 Å². The van der Waals surface area contributed by atoms with E-state index in [4.69, 9.17) is 0 Å². The van der Waals surface area contributed by atoms with Gasteiger partial charge in [-0.2, -0.15) is 5.26 Å². The van der Waals surface area contributed by atoms with Crippen LogP contribution < -0.4 is 5.32 Å². The van der Waals surface area contributed by atoms with Crippen LogP contribution in [0, 0.1) is 17.1 Å². The van der Waals surface area contributed by atoms with E-state index in [0.717, 1.165) is 37.1 Å². The normalized spacial score (nSPS) is 26.3. The van der Waals surface area contributed by atoms with E-state index in [0.29, 0.717) is 5.25 Å². The second-order valence-electron chi connectivity index (χ2n) is 5.06. The van der Waals surface area contributed by atoms with Crippen molar-refractivity contribution in [2.24, 2.45) is 0 Å². The molecule has 0 aromatic heterocycles.